The number of hydrogen-bond donors (Lipinski definition) is 0. The van der Waals surface area contributed by atoms with Crippen LogP contribution in [0, 0.1) is 5.92 Å². The lowest BCUT2D eigenvalue weighted by Gasteiger charge is -2.40. The number of piperidine rings is 2. The van der Waals surface area contributed by atoms with Crippen molar-refractivity contribution in [2.24, 2.45) is 5.92 Å². The van der Waals surface area contributed by atoms with Crippen LogP contribution in [0.15, 0.2) is 24.4 Å². The van der Waals surface area contributed by atoms with Gasteiger partial charge >= 0.3 is 0 Å². The minimum absolute atomic E-state index is 0.0486. The molecule has 3 amide bonds. The van der Waals surface area contributed by atoms with Gasteiger partial charge in [-0.3, -0.25) is 19.4 Å². The van der Waals surface area contributed by atoms with Gasteiger partial charge in [-0.05, 0) is 44.2 Å². The molecule has 29 heavy (non-hydrogen) atoms. The summed E-state index contributed by atoms with van der Waals surface area (Å²) >= 11 is 0. The van der Waals surface area contributed by atoms with E-state index in [0.717, 1.165) is 44.3 Å². The van der Waals surface area contributed by atoms with Gasteiger partial charge in [0.2, 0.25) is 17.7 Å². The highest BCUT2D eigenvalue weighted by molar-refractivity contribution is 5.82. The van der Waals surface area contributed by atoms with E-state index < -0.39 is 0 Å². The van der Waals surface area contributed by atoms with Crippen LogP contribution in [0.1, 0.15) is 44.2 Å². The average Bonchev–Trinajstić information content (AvgIpc) is 3.20. The largest absolute Gasteiger partial charge is 0.342 e. The third-order valence-corrected chi connectivity index (χ3v) is 6.51. The molecular weight excluding hydrogens is 368 g/mol. The van der Waals surface area contributed by atoms with Gasteiger partial charge in [-0.15, -0.1) is 0 Å². The first-order valence-corrected chi connectivity index (χ1v) is 10.9. The number of carbonyl (C=O) groups is 3. The number of carbonyl (C=O) groups excluding carboxylic acids is 3. The smallest absolute Gasteiger partial charge is 0.228 e. The van der Waals surface area contributed by atoms with E-state index >= 15 is 0 Å². The first-order chi connectivity index (χ1) is 14.1. The fraction of sp³-hybridized carbons (Fsp3) is 0.636. The second kappa shape index (κ2) is 8.93. The summed E-state index contributed by atoms with van der Waals surface area (Å²) in [5.41, 5.74) is 0.768. The summed E-state index contributed by atoms with van der Waals surface area (Å²) in [7, 11) is 0. The number of likely N-dealkylation sites (tertiary alicyclic amines) is 3. The molecule has 1 aromatic heterocycles. The lowest BCUT2D eigenvalue weighted by Crippen LogP contribution is -2.51. The summed E-state index contributed by atoms with van der Waals surface area (Å²) in [5.74, 6) is 0.379. The van der Waals surface area contributed by atoms with E-state index in [1.807, 2.05) is 32.9 Å². The van der Waals surface area contributed by atoms with Crippen molar-refractivity contribution in [1.82, 2.24) is 19.7 Å². The number of aromatic nitrogens is 1. The van der Waals surface area contributed by atoms with Crippen molar-refractivity contribution >= 4 is 17.7 Å². The topological polar surface area (TPSA) is 73.8 Å². The van der Waals surface area contributed by atoms with Crippen molar-refractivity contribution in [2.75, 3.05) is 32.7 Å². The molecule has 0 spiro atoms. The maximum Gasteiger partial charge on any atom is 0.228 e. The number of amides is 3. The lowest BCUT2D eigenvalue weighted by molar-refractivity contribution is -0.142. The standard InChI is InChI=1S/C22H30N4O3/c27-20-7-4-12-26(20)19-8-13-24(14-9-19)22(29)17-5-3-11-25(16-17)21(28)15-18-6-1-2-10-23-18/h1-2,6,10,17,19H,3-5,7-9,11-16H2. The van der Waals surface area contributed by atoms with Gasteiger partial charge in [0.15, 0.2) is 0 Å². The highest BCUT2D eigenvalue weighted by atomic mass is 16.2. The molecule has 0 aliphatic carbocycles. The zero-order valence-electron chi connectivity index (χ0n) is 17.0. The summed E-state index contributed by atoms with van der Waals surface area (Å²) < 4.78 is 0. The van der Waals surface area contributed by atoms with E-state index in [4.69, 9.17) is 0 Å². The third kappa shape index (κ3) is 4.60. The molecule has 3 aliphatic heterocycles. The quantitative estimate of drug-likeness (QED) is 0.770. The van der Waals surface area contributed by atoms with Gasteiger partial charge in [0.1, 0.15) is 0 Å². The van der Waals surface area contributed by atoms with Gasteiger partial charge in [-0.25, -0.2) is 0 Å². The van der Waals surface area contributed by atoms with Crippen molar-refractivity contribution in [3.63, 3.8) is 0 Å². The van der Waals surface area contributed by atoms with Crippen LogP contribution in [0.2, 0.25) is 0 Å². The average molecular weight is 399 g/mol. The molecule has 1 unspecified atom stereocenters. The van der Waals surface area contributed by atoms with E-state index in [0.29, 0.717) is 32.6 Å². The molecule has 0 N–H and O–H groups in total. The van der Waals surface area contributed by atoms with Crippen LogP contribution in [0.3, 0.4) is 0 Å². The Morgan fingerprint density at radius 3 is 2.52 bits per heavy atom. The Morgan fingerprint density at radius 2 is 1.83 bits per heavy atom. The number of nitrogens with zero attached hydrogens (tertiary/aromatic N) is 4. The minimum Gasteiger partial charge on any atom is -0.342 e. The Bertz CT molecular complexity index is 746. The van der Waals surface area contributed by atoms with Crippen LogP contribution in [0.25, 0.3) is 0 Å². The first-order valence-electron chi connectivity index (χ1n) is 10.9. The van der Waals surface area contributed by atoms with Gasteiger partial charge in [0, 0.05) is 57.1 Å². The number of pyridine rings is 1. The molecule has 4 rings (SSSR count). The predicted octanol–water partition coefficient (Wildman–Crippen LogP) is 1.48. The molecule has 0 saturated carbocycles. The van der Waals surface area contributed by atoms with Gasteiger partial charge < -0.3 is 14.7 Å². The van der Waals surface area contributed by atoms with Crippen LogP contribution in [0.5, 0.6) is 0 Å². The highest BCUT2D eigenvalue weighted by Crippen LogP contribution is 2.25. The molecule has 1 atom stereocenters. The predicted molar refractivity (Wildman–Crippen MR) is 108 cm³/mol. The van der Waals surface area contributed by atoms with Crippen LogP contribution >= 0.6 is 0 Å². The van der Waals surface area contributed by atoms with Crippen LogP contribution in [-0.2, 0) is 20.8 Å². The highest BCUT2D eigenvalue weighted by Gasteiger charge is 2.35. The van der Waals surface area contributed by atoms with E-state index in [-0.39, 0.29) is 36.1 Å². The molecule has 3 fully saturated rings. The van der Waals surface area contributed by atoms with Crippen molar-refractivity contribution in [3.8, 4) is 0 Å². The summed E-state index contributed by atoms with van der Waals surface area (Å²) in [6, 6.07) is 5.88. The molecule has 1 aromatic rings. The summed E-state index contributed by atoms with van der Waals surface area (Å²) in [4.78, 5) is 47.7. The Hall–Kier alpha value is -2.44. The van der Waals surface area contributed by atoms with Crippen molar-refractivity contribution in [1.29, 1.82) is 0 Å². The normalized spacial score (nSPS) is 23.5. The lowest BCUT2D eigenvalue weighted by atomic mass is 9.94. The SMILES string of the molecule is O=C(Cc1ccccn1)N1CCCC(C(=O)N2CCC(N3CCCC3=O)CC2)C1. The Balaban J connectivity index is 1.29. The van der Waals surface area contributed by atoms with Crippen molar-refractivity contribution < 1.29 is 14.4 Å². The molecular formula is C22H30N4O3. The fourth-order valence-electron chi connectivity index (χ4n) is 4.89. The Kier molecular flexibility index (Phi) is 6.11. The van der Waals surface area contributed by atoms with Gasteiger partial charge in [0.25, 0.3) is 0 Å². The molecule has 7 heteroatoms. The maximum atomic E-state index is 13.1. The zero-order chi connectivity index (χ0) is 20.2. The minimum atomic E-state index is -0.110. The van der Waals surface area contributed by atoms with Crippen LogP contribution in [-0.4, -0.2) is 76.2 Å². The molecule has 0 bridgehead atoms. The van der Waals surface area contributed by atoms with E-state index in [2.05, 4.69) is 4.98 Å². The van der Waals surface area contributed by atoms with Crippen molar-refractivity contribution in [3.05, 3.63) is 30.1 Å². The molecule has 7 nitrogen and oxygen atoms in total. The second-order valence-electron chi connectivity index (χ2n) is 8.42. The zero-order valence-corrected chi connectivity index (χ0v) is 17.0. The Morgan fingerprint density at radius 1 is 1.00 bits per heavy atom. The molecule has 0 aromatic carbocycles. The first kappa shape index (κ1) is 19.9. The second-order valence-corrected chi connectivity index (χ2v) is 8.42. The van der Waals surface area contributed by atoms with Gasteiger partial charge in [-0.1, -0.05) is 6.07 Å². The summed E-state index contributed by atoms with van der Waals surface area (Å²) in [6.07, 6.45) is 7.06. The number of rotatable bonds is 4. The summed E-state index contributed by atoms with van der Waals surface area (Å²) in [5, 5.41) is 0. The molecule has 156 valence electrons. The monoisotopic (exact) mass is 398 g/mol. The van der Waals surface area contributed by atoms with Crippen LogP contribution < -0.4 is 0 Å². The van der Waals surface area contributed by atoms with E-state index in [1.54, 1.807) is 6.20 Å². The molecule has 4 heterocycles. The molecule has 3 aliphatic rings. The van der Waals surface area contributed by atoms with E-state index in [1.165, 1.54) is 0 Å². The van der Waals surface area contributed by atoms with Crippen molar-refractivity contribution in [2.45, 2.75) is 51.0 Å². The Labute approximate surface area is 172 Å². The van der Waals surface area contributed by atoms with Gasteiger partial charge in [0.05, 0.1) is 12.3 Å². The fourth-order valence-corrected chi connectivity index (χ4v) is 4.89. The van der Waals surface area contributed by atoms with Gasteiger partial charge in [-0.2, -0.15) is 0 Å². The third-order valence-electron chi connectivity index (χ3n) is 6.51. The summed E-state index contributed by atoms with van der Waals surface area (Å²) in [6.45, 7) is 3.52. The van der Waals surface area contributed by atoms with E-state index in [9.17, 15) is 14.4 Å². The molecule has 3 saturated heterocycles. The van der Waals surface area contributed by atoms with Crippen LogP contribution in [0.4, 0.5) is 0 Å². The number of hydrogen-bond acceptors (Lipinski definition) is 4. The molecule has 0 radical (unpaired) electrons. The maximum absolute atomic E-state index is 13.1.